The second-order valence-corrected chi connectivity index (χ2v) is 4.74. The number of amides is 1. The first kappa shape index (κ1) is 16.0. The average molecular weight is 280 g/mol. The first-order chi connectivity index (χ1) is 9.43. The molecule has 1 amide bonds. The van der Waals surface area contributed by atoms with Gasteiger partial charge < -0.3 is 21.3 Å². The lowest BCUT2D eigenvalue weighted by Crippen LogP contribution is -2.41. The molecule has 1 unspecified atom stereocenters. The molecule has 5 N–H and O–H groups in total. The molecule has 2 atom stereocenters. The third-order valence-electron chi connectivity index (χ3n) is 3.05. The third-order valence-corrected chi connectivity index (χ3v) is 3.05. The maximum Gasteiger partial charge on any atom is 0.326 e. The van der Waals surface area contributed by atoms with E-state index >= 15 is 0 Å². The van der Waals surface area contributed by atoms with Crippen molar-refractivity contribution in [2.75, 3.05) is 12.3 Å². The van der Waals surface area contributed by atoms with Crippen molar-refractivity contribution in [1.82, 2.24) is 5.32 Å². The Labute approximate surface area is 117 Å². The number of hydrogen-bond acceptors (Lipinski definition) is 4. The summed E-state index contributed by atoms with van der Waals surface area (Å²) in [7, 11) is 0. The smallest absolute Gasteiger partial charge is 0.326 e. The molecule has 0 aromatic heterocycles. The first-order valence-corrected chi connectivity index (χ1v) is 6.42. The van der Waals surface area contributed by atoms with Crippen LogP contribution in [0.15, 0.2) is 24.3 Å². The van der Waals surface area contributed by atoms with Crippen LogP contribution in [0.1, 0.15) is 31.2 Å². The number of hydrogen-bond donors (Lipinski definition) is 4. The Morgan fingerprint density at radius 1 is 1.30 bits per heavy atom. The van der Waals surface area contributed by atoms with Crippen molar-refractivity contribution >= 4 is 17.6 Å². The van der Waals surface area contributed by atoms with E-state index in [4.69, 9.17) is 15.9 Å². The van der Waals surface area contributed by atoms with Gasteiger partial charge in [-0.3, -0.25) is 4.79 Å². The van der Waals surface area contributed by atoms with E-state index < -0.39 is 12.0 Å². The lowest BCUT2D eigenvalue weighted by atomic mass is 9.97. The fraction of sp³-hybridized carbons (Fsp3) is 0.429. The number of aliphatic hydroxyl groups is 1. The van der Waals surface area contributed by atoms with Crippen molar-refractivity contribution in [2.45, 2.75) is 31.7 Å². The summed E-state index contributed by atoms with van der Waals surface area (Å²) in [6.45, 7) is 1.59. The zero-order valence-electron chi connectivity index (χ0n) is 11.4. The number of carbonyl (C=O) groups excluding carboxylic acids is 1. The van der Waals surface area contributed by atoms with Crippen molar-refractivity contribution in [1.29, 1.82) is 0 Å². The molecular weight excluding hydrogens is 260 g/mol. The molecule has 0 fully saturated rings. The Balaban J connectivity index is 2.56. The predicted molar refractivity (Wildman–Crippen MR) is 75.2 cm³/mol. The molecule has 0 spiro atoms. The number of carbonyl (C=O) groups is 2. The summed E-state index contributed by atoms with van der Waals surface area (Å²) in [6.07, 6.45) is 0.177. The summed E-state index contributed by atoms with van der Waals surface area (Å²) in [5.41, 5.74) is 7.21. The highest BCUT2D eigenvalue weighted by Gasteiger charge is 2.20. The highest BCUT2D eigenvalue weighted by Crippen LogP contribution is 2.20. The second-order valence-electron chi connectivity index (χ2n) is 4.74. The van der Waals surface area contributed by atoms with Crippen LogP contribution in [0.3, 0.4) is 0 Å². The van der Waals surface area contributed by atoms with E-state index in [1.165, 1.54) is 0 Å². The Morgan fingerprint density at radius 3 is 2.40 bits per heavy atom. The van der Waals surface area contributed by atoms with Crippen LogP contribution in [0.5, 0.6) is 0 Å². The highest BCUT2D eigenvalue weighted by molar-refractivity contribution is 5.83. The molecule has 1 aromatic carbocycles. The molecule has 0 aliphatic heterocycles. The fourth-order valence-corrected chi connectivity index (χ4v) is 1.86. The summed E-state index contributed by atoms with van der Waals surface area (Å²) in [6, 6.07) is 6.15. The van der Waals surface area contributed by atoms with Crippen LogP contribution in [0.25, 0.3) is 0 Å². The number of carboxylic acids is 1. The summed E-state index contributed by atoms with van der Waals surface area (Å²) in [5.74, 6) is -1.54. The van der Waals surface area contributed by atoms with Gasteiger partial charge in [0.05, 0.1) is 0 Å². The van der Waals surface area contributed by atoms with Crippen molar-refractivity contribution < 1.29 is 19.8 Å². The normalized spacial score (nSPS) is 13.5. The molecule has 20 heavy (non-hydrogen) atoms. The summed E-state index contributed by atoms with van der Waals surface area (Å²) in [5, 5.41) is 20.1. The molecule has 6 heteroatoms. The van der Waals surface area contributed by atoms with Crippen LogP contribution in [0, 0.1) is 0 Å². The molecule has 0 radical (unpaired) electrons. The van der Waals surface area contributed by atoms with Gasteiger partial charge in [0.2, 0.25) is 5.91 Å². The van der Waals surface area contributed by atoms with Gasteiger partial charge in [-0.2, -0.15) is 0 Å². The zero-order chi connectivity index (χ0) is 15.1. The molecule has 0 bridgehead atoms. The molecule has 0 aliphatic rings. The molecule has 0 saturated carbocycles. The monoisotopic (exact) mass is 280 g/mol. The summed E-state index contributed by atoms with van der Waals surface area (Å²) in [4.78, 5) is 22.7. The maximum absolute atomic E-state index is 11.8. The Bertz CT molecular complexity index is 459. The van der Waals surface area contributed by atoms with Gasteiger partial charge in [0, 0.05) is 25.1 Å². The number of carboxylic acid groups (broad SMARTS) is 1. The minimum atomic E-state index is -1.15. The molecule has 6 nitrogen and oxygen atoms in total. The average Bonchev–Trinajstić information content (AvgIpc) is 2.38. The molecule has 0 saturated heterocycles. The first-order valence-electron chi connectivity index (χ1n) is 6.42. The van der Waals surface area contributed by atoms with Crippen molar-refractivity contribution in [2.24, 2.45) is 0 Å². The highest BCUT2D eigenvalue weighted by atomic mass is 16.4. The molecule has 1 aromatic rings. The lowest BCUT2D eigenvalue weighted by molar-refractivity contribution is -0.142. The van der Waals surface area contributed by atoms with E-state index in [1.54, 1.807) is 12.1 Å². The van der Waals surface area contributed by atoms with Crippen LogP contribution in [0.4, 0.5) is 5.69 Å². The van der Waals surface area contributed by atoms with Gasteiger partial charge in [-0.25, -0.2) is 4.79 Å². The number of rotatable bonds is 7. The largest absolute Gasteiger partial charge is 0.480 e. The van der Waals surface area contributed by atoms with Gasteiger partial charge in [0.1, 0.15) is 6.04 Å². The minimum Gasteiger partial charge on any atom is -0.480 e. The number of nitrogens with two attached hydrogens (primary N) is 1. The molecule has 1 rings (SSSR count). The maximum atomic E-state index is 11.8. The van der Waals surface area contributed by atoms with E-state index in [2.05, 4.69) is 5.32 Å². The van der Waals surface area contributed by atoms with Crippen molar-refractivity contribution in [3.63, 3.8) is 0 Å². The van der Waals surface area contributed by atoms with E-state index in [1.807, 2.05) is 19.1 Å². The minimum absolute atomic E-state index is 0.00265. The van der Waals surface area contributed by atoms with Gasteiger partial charge in [-0.05, 0) is 23.6 Å². The van der Waals surface area contributed by atoms with E-state index in [9.17, 15) is 9.59 Å². The van der Waals surface area contributed by atoms with Crippen molar-refractivity contribution in [3.05, 3.63) is 29.8 Å². The summed E-state index contributed by atoms with van der Waals surface area (Å²) >= 11 is 0. The number of aliphatic hydroxyl groups excluding tert-OH is 1. The van der Waals surface area contributed by atoms with Crippen LogP contribution in [-0.2, 0) is 9.59 Å². The summed E-state index contributed by atoms with van der Waals surface area (Å²) < 4.78 is 0. The Kier molecular flexibility index (Phi) is 5.99. The van der Waals surface area contributed by atoms with Gasteiger partial charge in [-0.15, -0.1) is 0 Å². The number of nitrogen functional groups attached to an aromatic ring is 1. The molecule has 0 aliphatic carbocycles. The number of benzene rings is 1. The van der Waals surface area contributed by atoms with Crippen LogP contribution in [0.2, 0.25) is 0 Å². The standard InChI is InChI=1S/C14H20N2O4/c1-9(10-2-4-11(15)5-3-10)8-13(18)16-12(6-7-17)14(19)20/h2-5,9,12,17H,6-8,15H2,1H3,(H,16,18)(H,19,20)/t9?,12-/m0/s1. The Hall–Kier alpha value is -2.08. The molecular formula is C14H20N2O4. The van der Waals surface area contributed by atoms with E-state index in [0.717, 1.165) is 5.56 Å². The fourth-order valence-electron chi connectivity index (χ4n) is 1.86. The topological polar surface area (TPSA) is 113 Å². The number of anilines is 1. The number of nitrogens with one attached hydrogen (secondary N) is 1. The second kappa shape index (κ2) is 7.49. The predicted octanol–water partition coefficient (Wildman–Crippen LogP) is 0.714. The van der Waals surface area contributed by atoms with Crippen molar-refractivity contribution in [3.8, 4) is 0 Å². The zero-order valence-corrected chi connectivity index (χ0v) is 11.4. The van der Waals surface area contributed by atoms with E-state index in [0.29, 0.717) is 5.69 Å². The number of aliphatic carboxylic acids is 1. The van der Waals surface area contributed by atoms with Gasteiger partial charge >= 0.3 is 5.97 Å². The van der Waals surface area contributed by atoms with Gasteiger partial charge in [0.15, 0.2) is 0 Å². The lowest BCUT2D eigenvalue weighted by Gasteiger charge is -2.16. The van der Waals surface area contributed by atoms with Gasteiger partial charge in [-0.1, -0.05) is 19.1 Å². The third kappa shape index (κ3) is 4.89. The van der Waals surface area contributed by atoms with Gasteiger partial charge in [0.25, 0.3) is 0 Å². The quantitative estimate of drug-likeness (QED) is 0.550. The Morgan fingerprint density at radius 2 is 1.90 bits per heavy atom. The van der Waals surface area contributed by atoms with Crippen LogP contribution >= 0.6 is 0 Å². The van der Waals surface area contributed by atoms with E-state index in [-0.39, 0.29) is 31.3 Å². The molecule has 110 valence electrons. The molecule has 0 heterocycles. The van der Waals surface area contributed by atoms with Crippen LogP contribution < -0.4 is 11.1 Å². The SMILES string of the molecule is CC(CC(=O)N[C@@H](CCO)C(=O)O)c1ccc(N)cc1. The van der Waals surface area contributed by atoms with Crippen LogP contribution in [-0.4, -0.2) is 34.7 Å².